The minimum absolute atomic E-state index is 0.283. The lowest BCUT2D eigenvalue weighted by Crippen LogP contribution is -1.93. The number of hydrogen-bond acceptors (Lipinski definition) is 5. The second-order valence-corrected chi connectivity index (χ2v) is 3.32. The van der Waals surface area contributed by atoms with Crippen molar-refractivity contribution >= 4 is 0 Å². The highest BCUT2D eigenvalue weighted by Crippen LogP contribution is 2.18. The molecule has 0 spiro atoms. The Bertz CT molecular complexity index is 448. The van der Waals surface area contributed by atoms with Gasteiger partial charge >= 0.3 is 0 Å². The van der Waals surface area contributed by atoms with E-state index in [1.165, 1.54) is 0 Å². The molecule has 1 atom stereocenters. The first-order chi connectivity index (χ1) is 7.16. The number of aryl methyl sites for hydroxylation is 1. The molecule has 0 aliphatic heterocycles. The van der Waals surface area contributed by atoms with E-state index in [0.29, 0.717) is 5.89 Å². The van der Waals surface area contributed by atoms with Gasteiger partial charge in [0.15, 0.2) is 5.82 Å². The van der Waals surface area contributed by atoms with Crippen LogP contribution in [0.2, 0.25) is 0 Å². The molecule has 2 rings (SSSR count). The molecule has 5 nitrogen and oxygen atoms in total. The van der Waals surface area contributed by atoms with Crippen LogP contribution in [0.4, 0.5) is 0 Å². The molecule has 0 aromatic carbocycles. The molecule has 1 N–H and O–H groups in total. The van der Waals surface area contributed by atoms with Crippen LogP contribution in [0.25, 0.3) is 11.5 Å². The van der Waals surface area contributed by atoms with E-state index >= 15 is 0 Å². The molecular formula is C10H11N3O2. The molecule has 0 bridgehead atoms. The van der Waals surface area contributed by atoms with Crippen molar-refractivity contribution in [2.24, 2.45) is 0 Å². The summed E-state index contributed by atoms with van der Waals surface area (Å²) in [5.74, 6) is 0.656. The number of aliphatic hydroxyl groups is 1. The van der Waals surface area contributed by atoms with Gasteiger partial charge in [-0.2, -0.15) is 4.98 Å². The zero-order chi connectivity index (χ0) is 10.8. The Hall–Kier alpha value is -1.75. The first-order valence-corrected chi connectivity index (χ1v) is 4.61. The van der Waals surface area contributed by atoms with Gasteiger partial charge in [-0.1, -0.05) is 5.16 Å². The molecule has 1 unspecified atom stereocenters. The summed E-state index contributed by atoms with van der Waals surface area (Å²) in [7, 11) is 0. The van der Waals surface area contributed by atoms with Crippen LogP contribution in [0.5, 0.6) is 0 Å². The summed E-state index contributed by atoms with van der Waals surface area (Å²) in [6.45, 7) is 3.49. The van der Waals surface area contributed by atoms with Gasteiger partial charge in [-0.25, -0.2) is 0 Å². The van der Waals surface area contributed by atoms with Gasteiger partial charge < -0.3 is 9.63 Å². The maximum absolute atomic E-state index is 9.23. The third kappa shape index (κ3) is 2.02. The van der Waals surface area contributed by atoms with E-state index in [4.69, 9.17) is 4.52 Å². The van der Waals surface area contributed by atoms with Crippen molar-refractivity contribution in [2.75, 3.05) is 0 Å². The van der Waals surface area contributed by atoms with Crippen LogP contribution in [0.3, 0.4) is 0 Å². The molecule has 0 aliphatic rings. The van der Waals surface area contributed by atoms with E-state index in [-0.39, 0.29) is 5.82 Å². The minimum atomic E-state index is -0.721. The Balaban J connectivity index is 2.33. The number of hydrogen-bond donors (Lipinski definition) is 1. The van der Waals surface area contributed by atoms with Crippen molar-refractivity contribution in [3.8, 4) is 11.5 Å². The number of rotatable bonds is 2. The Labute approximate surface area is 86.8 Å². The summed E-state index contributed by atoms with van der Waals surface area (Å²) >= 11 is 0. The van der Waals surface area contributed by atoms with Crippen molar-refractivity contribution in [1.82, 2.24) is 15.1 Å². The fourth-order valence-electron chi connectivity index (χ4n) is 1.12. The molecule has 5 heteroatoms. The van der Waals surface area contributed by atoms with Gasteiger partial charge in [-0.05, 0) is 26.0 Å². The Morgan fingerprint density at radius 3 is 2.73 bits per heavy atom. The fraction of sp³-hybridized carbons (Fsp3) is 0.300. The second-order valence-electron chi connectivity index (χ2n) is 3.32. The van der Waals surface area contributed by atoms with Crippen molar-refractivity contribution in [3.63, 3.8) is 0 Å². The van der Waals surface area contributed by atoms with E-state index in [0.717, 1.165) is 11.3 Å². The summed E-state index contributed by atoms with van der Waals surface area (Å²) in [5.41, 5.74) is 1.68. The molecule has 78 valence electrons. The van der Waals surface area contributed by atoms with E-state index < -0.39 is 6.10 Å². The van der Waals surface area contributed by atoms with Gasteiger partial charge in [0.1, 0.15) is 6.10 Å². The molecule has 0 fully saturated rings. The summed E-state index contributed by atoms with van der Waals surface area (Å²) in [5, 5.41) is 12.9. The normalized spacial score (nSPS) is 12.7. The number of aliphatic hydroxyl groups excluding tert-OH is 1. The summed E-state index contributed by atoms with van der Waals surface area (Å²) in [6, 6.07) is 3.71. The minimum Gasteiger partial charge on any atom is -0.385 e. The maximum Gasteiger partial charge on any atom is 0.259 e. The molecule has 2 heterocycles. The third-order valence-corrected chi connectivity index (χ3v) is 1.97. The zero-order valence-corrected chi connectivity index (χ0v) is 8.51. The van der Waals surface area contributed by atoms with E-state index in [2.05, 4.69) is 15.1 Å². The summed E-state index contributed by atoms with van der Waals surface area (Å²) < 4.78 is 4.99. The first kappa shape index (κ1) is 9.79. The molecule has 0 aliphatic carbocycles. The highest BCUT2D eigenvalue weighted by molar-refractivity contribution is 5.50. The average molecular weight is 205 g/mol. The lowest BCUT2D eigenvalue weighted by molar-refractivity contribution is 0.184. The average Bonchev–Trinajstić information content (AvgIpc) is 2.68. The molecule has 0 amide bonds. The quantitative estimate of drug-likeness (QED) is 0.804. The van der Waals surface area contributed by atoms with Crippen molar-refractivity contribution in [3.05, 3.63) is 29.8 Å². The van der Waals surface area contributed by atoms with Gasteiger partial charge in [-0.3, -0.25) is 4.98 Å². The Morgan fingerprint density at radius 2 is 2.20 bits per heavy atom. The highest BCUT2D eigenvalue weighted by Gasteiger charge is 2.12. The smallest absolute Gasteiger partial charge is 0.259 e. The second kappa shape index (κ2) is 3.78. The van der Waals surface area contributed by atoms with Crippen LogP contribution in [0.15, 0.2) is 22.9 Å². The first-order valence-electron chi connectivity index (χ1n) is 4.61. The Kier molecular flexibility index (Phi) is 2.47. The molecule has 0 saturated heterocycles. The van der Waals surface area contributed by atoms with E-state index in [1.54, 1.807) is 13.1 Å². The highest BCUT2D eigenvalue weighted by atomic mass is 16.5. The van der Waals surface area contributed by atoms with Crippen LogP contribution < -0.4 is 0 Å². The van der Waals surface area contributed by atoms with Crippen LogP contribution in [-0.2, 0) is 0 Å². The number of pyridine rings is 1. The molecule has 15 heavy (non-hydrogen) atoms. The van der Waals surface area contributed by atoms with Gasteiger partial charge in [0.25, 0.3) is 5.89 Å². The van der Waals surface area contributed by atoms with Gasteiger partial charge in [0, 0.05) is 11.9 Å². The van der Waals surface area contributed by atoms with E-state index in [9.17, 15) is 5.11 Å². The van der Waals surface area contributed by atoms with Crippen molar-refractivity contribution < 1.29 is 9.63 Å². The lowest BCUT2D eigenvalue weighted by atomic mass is 10.2. The maximum atomic E-state index is 9.23. The molecular weight excluding hydrogens is 194 g/mol. The third-order valence-electron chi connectivity index (χ3n) is 1.97. The lowest BCUT2D eigenvalue weighted by Gasteiger charge is -1.94. The molecule has 2 aromatic heterocycles. The molecule has 2 aromatic rings. The van der Waals surface area contributed by atoms with Gasteiger partial charge in [-0.15, -0.1) is 0 Å². The van der Waals surface area contributed by atoms with Crippen LogP contribution in [0.1, 0.15) is 24.5 Å². The monoisotopic (exact) mass is 205 g/mol. The van der Waals surface area contributed by atoms with Gasteiger partial charge in [0.2, 0.25) is 0 Å². The van der Waals surface area contributed by atoms with Crippen LogP contribution in [0, 0.1) is 6.92 Å². The predicted octanol–water partition coefficient (Wildman–Crippen LogP) is 1.49. The topological polar surface area (TPSA) is 72.0 Å². The van der Waals surface area contributed by atoms with Crippen LogP contribution in [-0.4, -0.2) is 20.2 Å². The SMILES string of the molecule is Cc1ccc(-c2nc(C(C)O)no2)cn1. The zero-order valence-electron chi connectivity index (χ0n) is 8.51. The number of aromatic nitrogens is 3. The molecule has 0 radical (unpaired) electrons. The Morgan fingerprint density at radius 1 is 1.40 bits per heavy atom. The van der Waals surface area contributed by atoms with Crippen molar-refractivity contribution in [1.29, 1.82) is 0 Å². The number of nitrogens with zero attached hydrogens (tertiary/aromatic N) is 3. The fourth-order valence-corrected chi connectivity index (χ4v) is 1.12. The summed E-state index contributed by atoms with van der Waals surface area (Å²) in [6.07, 6.45) is 0.940. The van der Waals surface area contributed by atoms with E-state index in [1.807, 2.05) is 19.1 Å². The van der Waals surface area contributed by atoms with Gasteiger partial charge in [0.05, 0.1) is 5.56 Å². The standard InChI is InChI=1S/C10H11N3O2/c1-6-3-4-8(5-11-6)10-12-9(7(2)14)13-15-10/h3-5,7,14H,1-2H3. The van der Waals surface area contributed by atoms with Crippen molar-refractivity contribution in [2.45, 2.75) is 20.0 Å². The predicted molar refractivity (Wildman–Crippen MR) is 52.9 cm³/mol. The summed E-state index contributed by atoms with van der Waals surface area (Å²) in [4.78, 5) is 8.16. The molecule has 0 saturated carbocycles. The largest absolute Gasteiger partial charge is 0.385 e. The van der Waals surface area contributed by atoms with Crippen LogP contribution >= 0.6 is 0 Å².